The average molecular weight is 537 g/mol. The third-order valence-electron chi connectivity index (χ3n) is 5.03. The molecule has 0 radical (unpaired) electrons. The summed E-state index contributed by atoms with van der Waals surface area (Å²) in [6, 6.07) is 18.0. The predicted octanol–water partition coefficient (Wildman–Crippen LogP) is 5.15. The van der Waals surface area contributed by atoms with Crippen molar-refractivity contribution in [2.24, 2.45) is 5.10 Å². The van der Waals surface area contributed by atoms with Crippen LogP contribution in [0.3, 0.4) is 0 Å². The lowest BCUT2D eigenvalue weighted by Gasteiger charge is -2.09. The Bertz CT molecular complexity index is 1450. The molecule has 1 N–H and O–H groups in total. The number of anilines is 1. The van der Waals surface area contributed by atoms with Crippen molar-refractivity contribution in [1.29, 1.82) is 0 Å². The molecule has 1 aromatic heterocycles. The van der Waals surface area contributed by atoms with Crippen LogP contribution in [-0.4, -0.2) is 28.4 Å². The average Bonchev–Trinajstić information content (AvgIpc) is 2.84. The molecule has 35 heavy (non-hydrogen) atoms. The lowest BCUT2D eigenvalue weighted by molar-refractivity contribution is -0.118. The Kier molecular flexibility index (Phi) is 7.67. The van der Waals surface area contributed by atoms with Crippen LogP contribution in [-0.2, 0) is 11.2 Å². The first-order chi connectivity index (χ1) is 16.9. The summed E-state index contributed by atoms with van der Waals surface area (Å²) in [7, 11) is 0. The summed E-state index contributed by atoms with van der Waals surface area (Å²) in [6.45, 7) is 1.79. The van der Waals surface area contributed by atoms with Crippen molar-refractivity contribution in [2.45, 2.75) is 19.8 Å². The second kappa shape index (κ2) is 11.1. The van der Waals surface area contributed by atoms with E-state index >= 15 is 0 Å². The van der Waals surface area contributed by atoms with Crippen molar-refractivity contribution < 1.29 is 13.9 Å². The van der Waals surface area contributed by atoms with Gasteiger partial charge in [-0.3, -0.25) is 9.59 Å². The van der Waals surface area contributed by atoms with E-state index in [1.165, 1.54) is 22.9 Å². The number of nitrogens with zero attached hydrogens (tertiary/aromatic N) is 3. The zero-order valence-corrected chi connectivity index (χ0v) is 20.5. The van der Waals surface area contributed by atoms with Gasteiger partial charge in [0.1, 0.15) is 17.4 Å². The summed E-state index contributed by atoms with van der Waals surface area (Å²) in [5.41, 5.74) is 1.50. The van der Waals surface area contributed by atoms with Crippen molar-refractivity contribution in [3.63, 3.8) is 0 Å². The van der Waals surface area contributed by atoms with E-state index in [1.807, 2.05) is 19.1 Å². The Morgan fingerprint density at radius 2 is 1.97 bits per heavy atom. The maximum absolute atomic E-state index is 13.2. The van der Waals surface area contributed by atoms with E-state index < -0.39 is 11.7 Å². The van der Waals surface area contributed by atoms with E-state index in [0.29, 0.717) is 34.6 Å². The highest BCUT2D eigenvalue weighted by molar-refractivity contribution is 9.10. The number of benzene rings is 3. The first-order valence-electron chi connectivity index (χ1n) is 11.0. The molecule has 0 spiro atoms. The number of ether oxygens (including phenoxy) is 1. The molecule has 0 saturated carbocycles. The van der Waals surface area contributed by atoms with Crippen molar-refractivity contribution in [1.82, 2.24) is 9.66 Å². The number of aryl methyl sites for hydroxylation is 1. The largest absolute Gasteiger partial charge is 0.484 e. The molecule has 0 bridgehead atoms. The van der Waals surface area contributed by atoms with Crippen molar-refractivity contribution in [2.75, 3.05) is 11.9 Å². The molecule has 9 heteroatoms. The third kappa shape index (κ3) is 6.19. The summed E-state index contributed by atoms with van der Waals surface area (Å²) in [4.78, 5) is 29.7. The van der Waals surface area contributed by atoms with Gasteiger partial charge in [0, 0.05) is 16.6 Å². The SMILES string of the molecule is CCCc1nc2ccc(Br)cc2c(=O)n1N=Cc1ccc(OCC(=O)Nc2cccc(F)c2)cc1. The molecule has 0 aliphatic carbocycles. The molecule has 0 unspecified atom stereocenters. The van der Waals surface area contributed by atoms with E-state index in [2.05, 4.69) is 31.3 Å². The summed E-state index contributed by atoms with van der Waals surface area (Å²) in [6.07, 6.45) is 3.01. The lowest BCUT2D eigenvalue weighted by atomic mass is 10.2. The number of fused-ring (bicyclic) bond motifs is 1. The van der Waals surface area contributed by atoms with Crippen LogP contribution in [0, 0.1) is 5.82 Å². The van der Waals surface area contributed by atoms with Crippen LogP contribution >= 0.6 is 15.9 Å². The fourth-order valence-electron chi connectivity index (χ4n) is 3.39. The molecule has 0 saturated heterocycles. The van der Waals surface area contributed by atoms with Crippen LogP contribution in [0.5, 0.6) is 5.75 Å². The number of nitrogens with one attached hydrogen (secondary N) is 1. The summed E-state index contributed by atoms with van der Waals surface area (Å²) in [5.74, 6) is 0.238. The number of aromatic nitrogens is 2. The standard InChI is InChI=1S/C26H22BrFN4O3/c1-2-4-24-31-23-12-9-18(27)13-22(23)26(34)32(24)29-15-17-7-10-21(11-8-17)35-16-25(33)30-20-6-3-5-19(28)14-20/h3,5-15H,2,4,16H2,1H3,(H,30,33). The van der Waals surface area contributed by atoms with Gasteiger partial charge in [0.05, 0.1) is 17.1 Å². The fourth-order valence-corrected chi connectivity index (χ4v) is 3.75. The number of amides is 1. The third-order valence-corrected chi connectivity index (χ3v) is 5.52. The topological polar surface area (TPSA) is 85.6 Å². The van der Waals surface area contributed by atoms with Crippen LogP contribution < -0.4 is 15.6 Å². The fraction of sp³-hybridized carbons (Fsp3) is 0.154. The molecular formula is C26H22BrFN4O3. The van der Waals surface area contributed by atoms with Gasteiger partial charge in [-0.05, 0) is 72.6 Å². The van der Waals surface area contributed by atoms with Gasteiger partial charge < -0.3 is 10.1 Å². The van der Waals surface area contributed by atoms with Gasteiger partial charge in [-0.15, -0.1) is 0 Å². The van der Waals surface area contributed by atoms with E-state index in [-0.39, 0.29) is 12.2 Å². The first kappa shape index (κ1) is 24.3. The molecule has 4 aromatic rings. The molecule has 0 fully saturated rings. The van der Waals surface area contributed by atoms with Crippen molar-refractivity contribution >= 4 is 44.6 Å². The minimum atomic E-state index is -0.433. The highest BCUT2D eigenvalue weighted by atomic mass is 79.9. The zero-order chi connectivity index (χ0) is 24.8. The zero-order valence-electron chi connectivity index (χ0n) is 18.9. The molecule has 4 rings (SSSR count). The quantitative estimate of drug-likeness (QED) is 0.315. The van der Waals surface area contributed by atoms with Gasteiger partial charge in [0.15, 0.2) is 6.61 Å². The maximum Gasteiger partial charge on any atom is 0.282 e. The monoisotopic (exact) mass is 536 g/mol. The molecule has 3 aromatic carbocycles. The van der Waals surface area contributed by atoms with Crippen LogP contribution in [0.2, 0.25) is 0 Å². The van der Waals surface area contributed by atoms with Crippen molar-refractivity contribution in [3.05, 3.63) is 98.8 Å². The highest BCUT2D eigenvalue weighted by Gasteiger charge is 2.10. The Morgan fingerprint density at radius 1 is 1.17 bits per heavy atom. The van der Waals surface area contributed by atoms with E-state index in [0.717, 1.165) is 16.5 Å². The number of carbonyl (C=O) groups is 1. The molecule has 1 amide bonds. The number of carbonyl (C=O) groups excluding carboxylic acids is 1. The maximum atomic E-state index is 13.2. The van der Waals surface area contributed by atoms with Gasteiger partial charge in [0.2, 0.25) is 0 Å². The van der Waals surface area contributed by atoms with E-state index in [1.54, 1.807) is 42.6 Å². The number of hydrogen-bond acceptors (Lipinski definition) is 5. The number of halogens is 2. The van der Waals surface area contributed by atoms with Crippen LogP contribution in [0.25, 0.3) is 10.9 Å². The Labute approximate surface area is 209 Å². The minimum Gasteiger partial charge on any atom is -0.484 e. The van der Waals surface area contributed by atoms with Crippen LogP contribution in [0.15, 0.2) is 81.1 Å². The molecule has 7 nitrogen and oxygen atoms in total. The smallest absolute Gasteiger partial charge is 0.282 e. The Morgan fingerprint density at radius 3 is 2.71 bits per heavy atom. The molecule has 0 atom stereocenters. The second-order valence-corrected chi connectivity index (χ2v) is 8.63. The van der Waals surface area contributed by atoms with Crippen LogP contribution in [0.1, 0.15) is 24.7 Å². The van der Waals surface area contributed by atoms with Gasteiger partial charge in [-0.25, -0.2) is 9.37 Å². The van der Waals surface area contributed by atoms with Crippen molar-refractivity contribution in [3.8, 4) is 5.75 Å². The molecule has 1 heterocycles. The highest BCUT2D eigenvalue weighted by Crippen LogP contribution is 2.17. The predicted molar refractivity (Wildman–Crippen MR) is 138 cm³/mol. The minimum absolute atomic E-state index is 0.224. The Balaban J connectivity index is 1.45. The summed E-state index contributed by atoms with van der Waals surface area (Å²) < 4.78 is 20.9. The van der Waals surface area contributed by atoms with Gasteiger partial charge in [-0.2, -0.15) is 9.78 Å². The van der Waals surface area contributed by atoms with Gasteiger partial charge in [0.25, 0.3) is 11.5 Å². The lowest BCUT2D eigenvalue weighted by Crippen LogP contribution is -2.22. The molecule has 0 aliphatic rings. The Hall–Kier alpha value is -3.85. The molecule has 0 aliphatic heterocycles. The second-order valence-electron chi connectivity index (χ2n) is 7.72. The summed E-state index contributed by atoms with van der Waals surface area (Å²) >= 11 is 3.40. The normalized spacial score (nSPS) is 11.2. The first-order valence-corrected chi connectivity index (χ1v) is 11.8. The molecule has 178 valence electrons. The van der Waals surface area contributed by atoms with E-state index in [4.69, 9.17) is 4.74 Å². The van der Waals surface area contributed by atoms with Gasteiger partial charge >= 0.3 is 0 Å². The number of hydrogen-bond donors (Lipinski definition) is 1. The number of rotatable bonds is 8. The summed E-state index contributed by atoms with van der Waals surface area (Å²) in [5, 5.41) is 7.45. The van der Waals surface area contributed by atoms with E-state index in [9.17, 15) is 14.0 Å². The molecular weight excluding hydrogens is 515 g/mol. The van der Waals surface area contributed by atoms with Gasteiger partial charge in [-0.1, -0.05) is 28.9 Å². The van der Waals surface area contributed by atoms with Crippen LogP contribution in [0.4, 0.5) is 10.1 Å².